The van der Waals surface area contributed by atoms with Crippen molar-refractivity contribution in [2.75, 3.05) is 5.32 Å². The molecular formula is C13H7Cl2F2NO. The number of benzene rings is 2. The lowest BCUT2D eigenvalue weighted by molar-refractivity contribution is 0.102. The number of nitrogens with one attached hydrogen (secondary N) is 1. The first kappa shape index (κ1) is 13.8. The van der Waals surface area contributed by atoms with E-state index in [0.29, 0.717) is 0 Å². The summed E-state index contributed by atoms with van der Waals surface area (Å²) in [6, 6.07) is 7.64. The van der Waals surface area contributed by atoms with Crippen LogP contribution in [0.25, 0.3) is 0 Å². The lowest BCUT2D eigenvalue weighted by Crippen LogP contribution is -2.13. The number of rotatable bonds is 2. The van der Waals surface area contributed by atoms with Gasteiger partial charge in [0, 0.05) is 0 Å². The van der Waals surface area contributed by atoms with E-state index in [1.54, 1.807) is 6.07 Å². The lowest BCUT2D eigenvalue weighted by Gasteiger charge is -2.08. The molecule has 2 nitrogen and oxygen atoms in total. The number of carbonyl (C=O) groups excluding carboxylic acids is 1. The fourth-order valence-electron chi connectivity index (χ4n) is 1.45. The third kappa shape index (κ3) is 3.03. The Hall–Kier alpha value is -1.65. The molecule has 0 spiro atoms. The Bertz CT molecular complexity index is 647. The van der Waals surface area contributed by atoms with Crippen LogP contribution in [0.2, 0.25) is 10.0 Å². The molecule has 1 amide bonds. The van der Waals surface area contributed by atoms with Crippen LogP contribution in [0.5, 0.6) is 0 Å². The zero-order valence-electron chi connectivity index (χ0n) is 9.38. The van der Waals surface area contributed by atoms with E-state index < -0.39 is 17.5 Å². The second-order valence-corrected chi connectivity index (χ2v) is 4.49. The number of anilines is 1. The number of amides is 1. The van der Waals surface area contributed by atoms with Gasteiger partial charge < -0.3 is 5.32 Å². The van der Waals surface area contributed by atoms with Gasteiger partial charge in [0.25, 0.3) is 5.91 Å². The summed E-state index contributed by atoms with van der Waals surface area (Å²) in [5.41, 5.74) is -0.134. The van der Waals surface area contributed by atoms with Crippen molar-refractivity contribution in [1.82, 2.24) is 0 Å². The average molecular weight is 302 g/mol. The molecule has 6 heteroatoms. The number of hydrogen-bond acceptors (Lipinski definition) is 1. The minimum atomic E-state index is -0.773. The molecular weight excluding hydrogens is 295 g/mol. The summed E-state index contributed by atoms with van der Waals surface area (Å²) in [5, 5.41) is 2.10. The molecule has 0 aliphatic carbocycles. The third-order valence-electron chi connectivity index (χ3n) is 2.38. The van der Waals surface area contributed by atoms with Crippen molar-refractivity contribution >= 4 is 34.8 Å². The van der Waals surface area contributed by atoms with Crippen LogP contribution < -0.4 is 5.32 Å². The molecule has 19 heavy (non-hydrogen) atoms. The van der Waals surface area contributed by atoms with Crippen LogP contribution in [0.15, 0.2) is 36.4 Å². The predicted octanol–water partition coefficient (Wildman–Crippen LogP) is 4.52. The van der Waals surface area contributed by atoms with E-state index in [4.69, 9.17) is 23.2 Å². The van der Waals surface area contributed by atoms with Gasteiger partial charge in [-0.15, -0.1) is 0 Å². The monoisotopic (exact) mass is 301 g/mol. The molecule has 0 aliphatic rings. The topological polar surface area (TPSA) is 29.1 Å². The molecule has 0 aromatic heterocycles. The van der Waals surface area contributed by atoms with E-state index >= 15 is 0 Å². The second-order valence-electron chi connectivity index (χ2n) is 3.68. The molecule has 0 heterocycles. The first-order valence-corrected chi connectivity index (χ1v) is 5.95. The van der Waals surface area contributed by atoms with Gasteiger partial charge in [0.05, 0.1) is 21.3 Å². The first-order chi connectivity index (χ1) is 8.99. The highest BCUT2D eigenvalue weighted by Gasteiger charge is 2.15. The van der Waals surface area contributed by atoms with Crippen molar-refractivity contribution in [2.24, 2.45) is 0 Å². The molecule has 0 saturated heterocycles. The smallest absolute Gasteiger partial charge is 0.257 e. The molecule has 1 N–H and O–H groups in total. The van der Waals surface area contributed by atoms with Crippen LogP contribution >= 0.6 is 23.2 Å². The minimum absolute atomic E-state index is 0.0137. The largest absolute Gasteiger partial charge is 0.319 e. The van der Waals surface area contributed by atoms with Crippen molar-refractivity contribution in [3.05, 3.63) is 63.6 Å². The quantitative estimate of drug-likeness (QED) is 0.812. The van der Waals surface area contributed by atoms with Gasteiger partial charge in [-0.05, 0) is 24.3 Å². The van der Waals surface area contributed by atoms with E-state index in [1.165, 1.54) is 18.2 Å². The molecule has 0 aliphatic heterocycles. The molecule has 2 aromatic carbocycles. The van der Waals surface area contributed by atoms with Gasteiger partial charge in [-0.25, -0.2) is 8.78 Å². The molecule has 0 atom stereocenters. The number of para-hydroxylation sites is 1. The Kier molecular flexibility index (Phi) is 4.02. The molecule has 2 aromatic rings. The van der Waals surface area contributed by atoms with Crippen LogP contribution in [0.1, 0.15) is 10.4 Å². The summed E-state index contributed by atoms with van der Waals surface area (Å²) in [6.07, 6.45) is 0. The number of halogens is 4. The Labute approximate surface area is 118 Å². The first-order valence-electron chi connectivity index (χ1n) is 5.19. The predicted molar refractivity (Wildman–Crippen MR) is 70.8 cm³/mol. The minimum Gasteiger partial charge on any atom is -0.319 e. The van der Waals surface area contributed by atoms with Gasteiger partial charge in [0.2, 0.25) is 0 Å². The van der Waals surface area contributed by atoms with E-state index in [-0.39, 0.29) is 21.3 Å². The maximum absolute atomic E-state index is 13.4. The fraction of sp³-hybridized carbons (Fsp3) is 0. The van der Waals surface area contributed by atoms with Gasteiger partial charge in [-0.1, -0.05) is 35.3 Å². The van der Waals surface area contributed by atoms with Crippen LogP contribution in [0.4, 0.5) is 14.5 Å². The van der Waals surface area contributed by atoms with E-state index in [9.17, 15) is 13.6 Å². The van der Waals surface area contributed by atoms with Gasteiger partial charge >= 0.3 is 0 Å². The van der Waals surface area contributed by atoms with Crippen molar-refractivity contribution in [3.63, 3.8) is 0 Å². The molecule has 0 saturated carbocycles. The second kappa shape index (κ2) is 5.55. The summed E-state index contributed by atoms with van der Waals surface area (Å²) >= 11 is 11.3. The van der Waals surface area contributed by atoms with Crippen molar-refractivity contribution < 1.29 is 13.6 Å². The van der Waals surface area contributed by atoms with Crippen LogP contribution in [0.3, 0.4) is 0 Å². The van der Waals surface area contributed by atoms with Gasteiger partial charge in [-0.2, -0.15) is 0 Å². The molecule has 0 fully saturated rings. The maximum Gasteiger partial charge on any atom is 0.257 e. The Morgan fingerprint density at radius 3 is 2.37 bits per heavy atom. The van der Waals surface area contributed by atoms with Crippen molar-refractivity contribution in [1.29, 1.82) is 0 Å². The Balaban J connectivity index is 2.31. The number of carbonyl (C=O) groups is 1. The van der Waals surface area contributed by atoms with Crippen LogP contribution in [-0.4, -0.2) is 5.91 Å². The molecule has 0 unspecified atom stereocenters. The fourth-order valence-corrected chi connectivity index (χ4v) is 1.92. The van der Waals surface area contributed by atoms with Crippen LogP contribution in [0, 0.1) is 11.6 Å². The average Bonchev–Trinajstić information content (AvgIpc) is 2.36. The maximum atomic E-state index is 13.4. The highest BCUT2D eigenvalue weighted by Crippen LogP contribution is 2.25. The third-order valence-corrected chi connectivity index (χ3v) is 2.98. The van der Waals surface area contributed by atoms with Crippen molar-refractivity contribution in [2.45, 2.75) is 0 Å². The molecule has 2 rings (SSSR count). The summed E-state index contributed by atoms with van der Waals surface area (Å²) in [4.78, 5) is 11.9. The molecule has 0 radical (unpaired) electrons. The number of hydrogen-bond donors (Lipinski definition) is 1. The zero-order chi connectivity index (χ0) is 14.0. The molecule has 0 bridgehead atoms. The summed E-state index contributed by atoms with van der Waals surface area (Å²) in [6.45, 7) is 0. The van der Waals surface area contributed by atoms with Gasteiger partial charge in [-0.3, -0.25) is 4.79 Å². The normalized spacial score (nSPS) is 10.3. The van der Waals surface area contributed by atoms with Crippen LogP contribution in [-0.2, 0) is 0 Å². The van der Waals surface area contributed by atoms with E-state index in [2.05, 4.69) is 5.32 Å². The summed E-state index contributed by atoms with van der Waals surface area (Å²) < 4.78 is 26.7. The zero-order valence-corrected chi connectivity index (χ0v) is 10.9. The summed E-state index contributed by atoms with van der Waals surface area (Å²) in [5.74, 6) is -2.09. The van der Waals surface area contributed by atoms with E-state index in [1.807, 2.05) is 0 Å². The molecule has 98 valence electrons. The van der Waals surface area contributed by atoms with Gasteiger partial charge in [0.15, 0.2) is 0 Å². The van der Waals surface area contributed by atoms with Gasteiger partial charge in [0.1, 0.15) is 11.6 Å². The summed E-state index contributed by atoms with van der Waals surface area (Å²) in [7, 11) is 0. The SMILES string of the molecule is O=C(Nc1ccccc1F)c1cc(F)c(Cl)cc1Cl. The lowest BCUT2D eigenvalue weighted by atomic mass is 10.2. The van der Waals surface area contributed by atoms with E-state index in [0.717, 1.165) is 12.1 Å². The highest BCUT2D eigenvalue weighted by molar-refractivity contribution is 6.37. The Morgan fingerprint density at radius 1 is 1.00 bits per heavy atom. The Morgan fingerprint density at radius 2 is 1.68 bits per heavy atom. The standard InChI is InChI=1S/C13H7Cl2F2NO/c14-8-6-9(15)11(17)5-7(8)13(19)18-12-4-2-1-3-10(12)16/h1-6H,(H,18,19). The van der Waals surface area contributed by atoms with Crippen molar-refractivity contribution in [3.8, 4) is 0 Å². The highest BCUT2D eigenvalue weighted by atomic mass is 35.5.